The molecule has 0 bridgehead atoms. The second kappa shape index (κ2) is 6.45. The first kappa shape index (κ1) is 15.1. The lowest BCUT2D eigenvalue weighted by atomic mass is 10.1. The Hall–Kier alpha value is -2.27. The van der Waals surface area contributed by atoms with Crippen LogP contribution in [0.4, 0.5) is 8.78 Å². The number of carbonyl (C=O) groups is 1. The van der Waals surface area contributed by atoms with Crippen LogP contribution in [-0.2, 0) is 13.1 Å². The maximum absolute atomic E-state index is 13.6. The number of hydrogen-bond donors (Lipinski definition) is 1. The Morgan fingerprint density at radius 1 is 1.05 bits per heavy atom. The van der Waals surface area contributed by atoms with Crippen molar-refractivity contribution < 1.29 is 18.7 Å². The summed E-state index contributed by atoms with van der Waals surface area (Å²) in [4.78, 5) is 12.7. The number of nitrogens with zero attached hydrogens (tertiary/aromatic N) is 1. The lowest BCUT2D eigenvalue weighted by molar-refractivity contribution is 0.0692. The number of halogens is 2. The minimum Gasteiger partial charge on any atom is -0.478 e. The average Bonchev–Trinajstić information content (AvgIpc) is 2.41. The molecule has 21 heavy (non-hydrogen) atoms. The molecule has 0 radical (unpaired) electrons. The number of carboxylic acids is 1. The van der Waals surface area contributed by atoms with Gasteiger partial charge in [0.25, 0.3) is 0 Å². The van der Waals surface area contributed by atoms with E-state index in [1.807, 2.05) is 11.9 Å². The zero-order chi connectivity index (χ0) is 15.4. The van der Waals surface area contributed by atoms with Gasteiger partial charge in [-0.1, -0.05) is 18.2 Å². The number of aromatic carboxylic acids is 1. The second-order valence-corrected chi connectivity index (χ2v) is 4.92. The van der Waals surface area contributed by atoms with Crippen molar-refractivity contribution in [3.05, 3.63) is 70.8 Å². The van der Waals surface area contributed by atoms with Crippen molar-refractivity contribution in [2.45, 2.75) is 13.1 Å². The third kappa shape index (κ3) is 4.10. The zero-order valence-electron chi connectivity index (χ0n) is 11.5. The lowest BCUT2D eigenvalue weighted by Crippen LogP contribution is -2.17. The van der Waals surface area contributed by atoms with E-state index in [0.717, 1.165) is 5.56 Å². The van der Waals surface area contributed by atoms with E-state index in [0.29, 0.717) is 18.7 Å². The molecule has 3 nitrogen and oxygen atoms in total. The van der Waals surface area contributed by atoms with E-state index in [4.69, 9.17) is 5.11 Å². The van der Waals surface area contributed by atoms with Gasteiger partial charge in [0.1, 0.15) is 11.6 Å². The van der Waals surface area contributed by atoms with Gasteiger partial charge in [0.05, 0.1) is 5.56 Å². The molecule has 0 unspecified atom stereocenters. The minimum absolute atomic E-state index is 0.285. The van der Waals surface area contributed by atoms with E-state index in [2.05, 4.69) is 0 Å². The molecule has 1 N–H and O–H groups in total. The molecule has 0 saturated carbocycles. The van der Waals surface area contributed by atoms with Gasteiger partial charge in [-0.05, 0) is 42.4 Å². The summed E-state index contributed by atoms with van der Waals surface area (Å²) in [6.07, 6.45) is 0. The van der Waals surface area contributed by atoms with Gasteiger partial charge in [0, 0.05) is 13.1 Å². The zero-order valence-corrected chi connectivity index (χ0v) is 11.5. The van der Waals surface area contributed by atoms with E-state index in [-0.39, 0.29) is 11.4 Å². The van der Waals surface area contributed by atoms with E-state index in [1.165, 1.54) is 24.3 Å². The monoisotopic (exact) mass is 291 g/mol. The summed E-state index contributed by atoms with van der Waals surface area (Å²) in [5.74, 6) is -2.30. The highest BCUT2D eigenvalue weighted by Gasteiger charge is 2.11. The van der Waals surface area contributed by atoms with Gasteiger partial charge in [0.15, 0.2) is 0 Å². The lowest BCUT2D eigenvalue weighted by Gasteiger charge is -2.17. The summed E-state index contributed by atoms with van der Waals surface area (Å²) < 4.78 is 26.4. The molecule has 0 fully saturated rings. The Balaban J connectivity index is 2.02. The Kier molecular flexibility index (Phi) is 4.65. The molecule has 0 atom stereocenters. The summed E-state index contributed by atoms with van der Waals surface area (Å²) in [5.41, 5.74) is 1.29. The fourth-order valence-electron chi connectivity index (χ4n) is 2.10. The molecule has 5 heteroatoms. The van der Waals surface area contributed by atoms with Crippen molar-refractivity contribution in [3.8, 4) is 0 Å². The summed E-state index contributed by atoms with van der Waals surface area (Å²) in [6, 6.07) is 10.3. The van der Waals surface area contributed by atoms with Crippen molar-refractivity contribution >= 4 is 5.97 Å². The summed E-state index contributed by atoms with van der Waals surface area (Å²) in [7, 11) is 1.85. The van der Waals surface area contributed by atoms with Gasteiger partial charge >= 0.3 is 5.97 Å². The molecule has 0 aliphatic heterocycles. The maximum Gasteiger partial charge on any atom is 0.338 e. The summed E-state index contributed by atoms with van der Waals surface area (Å²) >= 11 is 0. The normalized spacial score (nSPS) is 10.9. The highest BCUT2D eigenvalue weighted by atomic mass is 19.1. The largest absolute Gasteiger partial charge is 0.478 e. The quantitative estimate of drug-likeness (QED) is 0.919. The highest BCUT2D eigenvalue weighted by Crippen LogP contribution is 2.13. The van der Waals surface area contributed by atoms with E-state index < -0.39 is 11.8 Å². The van der Waals surface area contributed by atoms with Crippen molar-refractivity contribution in [1.82, 2.24) is 4.90 Å². The van der Waals surface area contributed by atoms with Crippen molar-refractivity contribution in [3.63, 3.8) is 0 Å². The topological polar surface area (TPSA) is 40.5 Å². The summed E-state index contributed by atoms with van der Waals surface area (Å²) in [6.45, 7) is 1.05. The molecule has 0 aliphatic carbocycles. The smallest absolute Gasteiger partial charge is 0.338 e. The van der Waals surface area contributed by atoms with Crippen LogP contribution in [0.15, 0.2) is 42.5 Å². The van der Waals surface area contributed by atoms with Crippen molar-refractivity contribution in [2.24, 2.45) is 0 Å². The number of hydrogen-bond acceptors (Lipinski definition) is 2. The minimum atomic E-state index is -1.28. The van der Waals surface area contributed by atoms with Crippen LogP contribution in [0.2, 0.25) is 0 Å². The first-order valence-electron chi connectivity index (χ1n) is 6.40. The highest BCUT2D eigenvalue weighted by molar-refractivity contribution is 5.87. The molecular formula is C16H15F2NO2. The second-order valence-electron chi connectivity index (χ2n) is 4.92. The Morgan fingerprint density at radius 3 is 2.19 bits per heavy atom. The molecule has 0 heterocycles. The van der Waals surface area contributed by atoms with Crippen LogP contribution < -0.4 is 0 Å². The van der Waals surface area contributed by atoms with Crippen LogP contribution in [0.25, 0.3) is 0 Å². The van der Waals surface area contributed by atoms with E-state index >= 15 is 0 Å². The Labute approximate surface area is 121 Å². The molecule has 2 aromatic carbocycles. The van der Waals surface area contributed by atoms with Crippen LogP contribution in [-0.4, -0.2) is 23.0 Å². The van der Waals surface area contributed by atoms with Gasteiger partial charge < -0.3 is 5.11 Å². The molecule has 0 saturated heterocycles. The molecule has 0 aliphatic rings. The molecule has 0 amide bonds. The molecule has 110 valence electrons. The van der Waals surface area contributed by atoms with Crippen molar-refractivity contribution in [1.29, 1.82) is 0 Å². The Bertz CT molecular complexity index is 641. The van der Waals surface area contributed by atoms with Crippen LogP contribution in [0.1, 0.15) is 21.5 Å². The van der Waals surface area contributed by atoms with Crippen LogP contribution >= 0.6 is 0 Å². The van der Waals surface area contributed by atoms with Crippen LogP contribution in [0, 0.1) is 11.6 Å². The third-order valence-corrected chi connectivity index (χ3v) is 3.08. The van der Waals surface area contributed by atoms with E-state index in [9.17, 15) is 13.6 Å². The predicted molar refractivity (Wildman–Crippen MR) is 74.9 cm³/mol. The standard InChI is InChI=1S/C16H15F2NO2/c1-19(9-11-2-5-13(17)6-3-11)10-12-4-7-14(16(20)21)15(18)8-12/h2-8H,9-10H2,1H3,(H,20,21). The van der Waals surface area contributed by atoms with Crippen molar-refractivity contribution in [2.75, 3.05) is 7.05 Å². The molecule has 2 aromatic rings. The fraction of sp³-hybridized carbons (Fsp3) is 0.188. The van der Waals surface area contributed by atoms with Crippen LogP contribution in [0.5, 0.6) is 0 Å². The number of carboxylic acid groups (broad SMARTS) is 1. The predicted octanol–water partition coefficient (Wildman–Crippen LogP) is 3.30. The number of benzene rings is 2. The fourth-order valence-corrected chi connectivity index (χ4v) is 2.10. The third-order valence-electron chi connectivity index (χ3n) is 3.08. The average molecular weight is 291 g/mol. The SMILES string of the molecule is CN(Cc1ccc(F)cc1)Cc1ccc(C(=O)O)c(F)c1. The number of rotatable bonds is 5. The summed E-state index contributed by atoms with van der Waals surface area (Å²) in [5, 5.41) is 8.77. The molecule has 2 rings (SSSR count). The van der Waals surface area contributed by atoms with Crippen LogP contribution in [0.3, 0.4) is 0 Å². The molecular weight excluding hydrogens is 276 g/mol. The van der Waals surface area contributed by atoms with Gasteiger partial charge in [-0.15, -0.1) is 0 Å². The van der Waals surface area contributed by atoms with E-state index in [1.54, 1.807) is 18.2 Å². The van der Waals surface area contributed by atoms with Gasteiger partial charge in [-0.25, -0.2) is 13.6 Å². The Morgan fingerprint density at radius 2 is 1.62 bits per heavy atom. The van der Waals surface area contributed by atoms with Gasteiger partial charge in [0.2, 0.25) is 0 Å². The first-order chi connectivity index (χ1) is 9.95. The van der Waals surface area contributed by atoms with Gasteiger partial charge in [-0.2, -0.15) is 0 Å². The molecule has 0 aromatic heterocycles. The first-order valence-corrected chi connectivity index (χ1v) is 6.40. The molecule has 0 spiro atoms. The van der Waals surface area contributed by atoms with Gasteiger partial charge in [-0.3, -0.25) is 4.90 Å². The maximum atomic E-state index is 13.6.